The summed E-state index contributed by atoms with van der Waals surface area (Å²) in [6.45, 7) is 10.3. The number of rotatable bonds is 8. The number of aliphatic imine (C=N–C) groups is 1. The third kappa shape index (κ3) is 8.18. The van der Waals surface area contributed by atoms with Gasteiger partial charge in [-0.15, -0.1) is 19.4 Å². The van der Waals surface area contributed by atoms with Gasteiger partial charge in [0.05, 0.1) is 11.4 Å². The smallest absolute Gasteiger partial charge is 0.273 e. The number of carbonyl (C=O) groups excluding carboxylic acids is 1. The number of aromatic nitrogens is 1. The number of pyridine rings is 1. The second-order valence-electron chi connectivity index (χ2n) is 6.85. The van der Waals surface area contributed by atoms with Crippen molar-refractivity contribution in [3.8, 4) is 12.8 Å². The molecule has 176 valence electrons. The normalized spacial score (nSPS) is 12.1. The van der Waals surface area contributed by atoms with Crippen LogP contribution in [-0.4, -0.2) is 23.1 Å². The van der Waals surface area contributed by atoms with Crippen molar-refractivity contribution in [2.75, 3.05) is 11.4 Å². The highest BCUT2D eigenvalue weighted by molar-refractivity contribution is 6.44. The van der Waals surface area contributed by atoms with Crippen LogP contribution in [0.25, 0.3) is 11.8 Å². The first-order chi connectivity index (χ1) is 16.7. The molecule has 0 fully saturated rings. The van der Waals surface area contributed by atoms with E-state index >= 15 is 0 Å². The fourth-order valence-electron chi connectivity index (χ4n) is 3.23. The summed E-state index contributed by atoms with van der Waals surface area (Å²) in [5.74, 6) is -0.120. The van der Waals surface area contributed by atoms with Crippen LogP contribution in [0, 0.1) is 12.8 Å². The molecule has 0 saturated carbocycles. The molecule has 1 aliphatic rings. The molecule has 0 N–H and O–H groups in total. The molecular weight excluding hydrogens is 418 g/mol. The van der Waals surface area contributed by atoms with Gasteiger partial charge in [0.2, 0.25) is 0 Å². The summed E-state index contributed by atoms with van der Waals surface area (Å²) in [4.78, 5) is 24.6. The Morgan fingerprint density at radius 3 is 2.56 bits per heavy atom. The summed E-state index contributed by atoms with van der Waals surface area (Å²) >= 11 is 0. The predicted octanol–water partition coefficient (Wildman–Crippen LogP) is 7.13. The molecule has 3 rings (SSSR count). The van der Waals surface area contributed by atoms with Gasteiger partial charge in [-0.25, -0.2) is 4.99 Å². The maximum Gasteiger partial charge on any atom is 0.273 e. The van der Waals surface area contributed by atoms with Gasteiger partial charge >= 0.3 is 0 Å². The van der Waals surface area contributed by atoms with E-state index in [0.29, 0.717) is 18.7 Å². The molecule has 0 saturated heterocycles. The zero-order chi connectivity index (χ0) is 25.2. The quantitative estimate of drug-likeness (QED) is 0.242. The molecule has 4 nitrogen and oxygen atoms in total. The molecular formula is C30H35N3O. The van der Waals surface area contributed by atoms with Gasteiger partial charge in [0.1, 0.15) is 5.71 Å². The zero-order valence-electron chi connectivity index (χ0n) is 20.5. The molecule has 0 unspecified atom stereocenters. The molecule has 34 heavy (non-hydrogen) atoms. The minimum atomic E-state index is -0.120. The monoisotopic (exact) mass is 453 g/mol. The number of hydrogen-bond donors (Lipinski definition) is 0. The molecule has 1 amide bonds. The zero-order valence-corrected chi connectivity index (χ0v) is 20.5. The lowest BCUT2D eigenvalue weighted by molar-refractivity contribution is -0.112. The highest BCUT2D eigenvalue weighted by Gasteiger charge is 2.21. The average Bonchev–Trinajstić information content (AvgIpc) is 3.11. The Bertz CT molecular complexity index is 1040. The highest BCUT2D eigenvalue weighted by Crippen LogP contribution is 2.25. The van der Waals surface area contributed by atoms with Gasteiger partial charge in [0, 0.05) is 30.4 Å². The first kappa shape index (κ1) is 28.1. The number of carbonyl (C=O) groups is 1. The van der Waals surface area contributed by atoms with Crippen molar-refractivity contribution in [1.82, 2.24) is 4.98 Å². The second-order valence-corrected chi connectivity index (χ2v) is 6.85. The van der Waals surface area contributed by atoms with Gasteiger partial charge in [0.15, 0.2) is 0 Å². The number of fused-ring (bicyclic) bond motifs is 1. The van der Waals surface area contributed by atoms with E-state index in [0.717, 1.165) is 35.5 Å². The van der Waals surface area contributed by atoms with E-state index in [1.807, 2.05) is 74.5 Å². The predicted molar refractivity (Wildman–Crippen MR) is 148 cm³/mol. The van der Waals surface area contributed by atoms with Crippen molar-refractivity contribution in [2.45, 2.75) is 40.0 Å². The van der Waals surface area contributed by atoms with E-state index in [1.165, 1.54) is 0 Å². The van der Waals surface area contributed by atoms with Gasteiger partial charge in [-0.1, -0.05) is 69.4 Å². The van der Waals surface area contributed by atoms with Crippen LogP contribution in [0.3, 0.4) is 0 Å². The standard InChI is InChI=1S/C26H27N3O.C2H6.C2H2/c1-3-5-7-18-25(26(30)29(20-4-2)21-13-8-6-9-14-21)28-24-17-11-10-16-23-22(24)15-12-19-27-23;2*1-2/h4-10,12-17,19H,2-3,11,18,20H2,1H3;1-2H3;1-2H/b7-5-,28-25?;;. The molecule has 0 spiro atoms. The fraction of sp³-hybridized carbons (Fsp3) is 0.233. The summed E-state index contributed by atoms with van der Waals surface area (Å²) in [5.41, 5.74) is 3.90. The van der Waals surface area contributed by atoms with Crippen LogP contribution in [0.1, 0.15) is 51.3 Å². The summed E-state index contributed by atoms with van der Waals surface area (Å²) in [6, 6.07) is 13.5. The van der Waals surface area contributed by atoms with Crippen molar-refractivity contribution in [3.05, 3.63) is 96.9 Å². The summed E-state index contributed by atoms with van der Waals surface area (Å²) < 4.78 is 0. The van der Waals surface area contributed by atoms with Gasteiger partial charge in [0.25, 0.3) is 5.91 Å². The lowest BCUT2D eigenvalue weighted by Gasteiger charge is -2.22. The fourth-order valence-corrected chi connectivity index (χ4v) is 3.23. The van der Waals surface area contributed by atoms with Crippen LogP contribution in [-0.2, 0) is 4.79 Å². The van der Waals surface area contributed by atoms with Crippen molar-refractivity contribution < 1.29 is 4.79 Å². The van der Waals surface area contributed by atoms with Crippen LogP contribution in [0.5, 0.6) is 0 Å². The number of para-hydroxylation sites is 1. The number of allylic oxidation sites excluding steroid dienone is 4. The Morgan fingerprint density at radius 1 is 1.15 bits per heavy atom. The summed E-state index contributed by atoms with van der Waals surface area (Å²) in [6.07, 6.45) is 23.8. The Labute approximate surface area is 205 Å². The van der Waals surface area contributed by atoms with Crippen molar-refractivity contribution in [2.24, 2.45) is 4.99 Å². The SMILES string of the molecule is C#C.C=CCN(C(=O)C(C/C=C\CC)=NC1=CCC=Cc2ncccc21)c1ccccc1.CC. The molecule has 1 aromatic carbocycles. The Kier molecular flexibility index (Phi) is 13.7. The van der Waals surface area contributed by atoms with E-state index in [2.05, 4.69) is 43.5 Å². The Morgan fingerprint density at radius 2 is 1.88 bits per heavy atom. The third-order valence-electron chi connectivity index (χ3n) is 4.68. The Hall–Kier alpha value is -3.97. The molecule has 1 aliphatic carbocycles. The maximum absolute atomic E-state index is 13.6. The maximum atomic E-state index is 13.6. The average molecular weight is 454 g/mol. The summed E-state index contributed by atoms with van der Waals surface area (Å²) in [7, 11) is 0. The molecule has 1 aromatic heterocycles. The van der Waals surface area contributed by atoms with E-state index in [-0.39, 0.29) is 5.91 Å². The van der Waals surface area contributed by atoms with Crippen LogP contribution in [0.15, 0.2) is 90.6 Å². The number of amides is 1. The lowest BCUT2D eigenvalue weighted by atomic mass is 10.1. The van der Waals surface area contributed by atoms with E-state index < -0.39 is 0 Å². The topological polar surface area (TPSA) is 45.6 Å². The van der Waals surface area contributed by atoms with Crippen molar-refractivity contribution in [3.63, 3.8) is 0 Å². The van der Waals surface area contributed by atoms with Gasteiger partial charge in [-0.05, 0) is 43.2 Å². The van der Waals surface area contributed by atoms with Crippen LogP contribution in [0.2, 0.25) is 0 Å². The van der Waals surface area contributed by atoms with Gasteiger partial charge < -0.3 is 4.90 Å². The number of benzene rings is 1. The number of anilines is 1. The van der Waals surface area contributed by atoms with Gasteiger partial charge in [-0.3, -0.25) is 9.78 Å². The highest BCUT2D eigenvalue weighted by atomic mass is 16.2. The Balaban J connectivity index is 0.00000137. The first-order valence-corrected chi connectivity index (χ1v) is 11.6. The molecule has 2 aromatic rings. The van der Waals surface area contributed by atoms with Crippen LogP contribution >= 0.6 is 0 Å². The number of nitrogens with zero attached hydrogens (tertiary/aromatic N) is 3. The van der Waals surface area contributed by atoms with Gasteiger partial charge in [-0.2, -0.15) is 0 Å². The van der Waals surface area contributed by atoms with E-state index in [4.69, 9.17) is 4.99 Å². The molecule has 0 radical (unpaired) electrons. The van der Waals surface area contributed by atoms with E-state index in [9.17, 15) is 4.79 Å². The minimum absolute atomic E-state index is 0.120. The molecule has 0 atom stereocenters. The summed E-state index contributed by atoms with van der Waals surface area (Å²) in [5, 5.41) is 0. The minimum Gasteiger partial charge on any atom is -0.304 e. The molecule has 0 bridgehead atoms. The molecule has 1 heterocycles. The lowest BCUT2D eigenvalue weighted by Crippen LogP contribution is -2.36. The van der Waals surface area contributed by atoms with Crippen molar-refractivity contribution in [1.29, 1.82) is 0 Å². The van der Waals surface area contributed by atoms with Crippen LogP contribution in [0.4, 0.5) is 5.69 Å². The molecule has 0 aliphatic heterocycles. The molecule has 4 heteroatoms. The largest absolute Gasteiger partial charge is 0.304 e. The van der Waals surface area contributed by atoms with E-state index in [1.54, 1.807) is 17.2 Å². The second kappa shape index (κ2) is 16.6. The van der Waals surface area contributed by atoms with Crippen molar-refractivity contribution >= 4 is 29.1 Å². The number of terminal acetylenes is 1. The van der Waals surface area contributed by atoms with Crippen LogP contribution < -0.4 is 4.90 Å². The number of hydrogen-bond acceptors (Lipinski definition) is 3. The first-order valence-electron chi connectivity index (χ1n) is 11.6. The third-order valence-corrected chi connectivity index (χ3v) is 4.68.